The number of fused-ring (bicyclic) bond motifs is 1. The molecule has 0 radical (unpaired) electrons. The van der Waals surface area contributed by atoms with Gasteiger partial charge < -0.3 is 5.32 Å². The first kappa shape index (κ1) is 14.3. The molecule has 20 heavy (non-hydrogen) atoms. The van der Waals surface area contributed by atoms with Gasteiger partial charge in [-0.2, -0.15) is 0 Å². The molecule has 0 aliphatic heterocycles. The van der Waals surface area contributed by atoms with Gasteiger partial charge in [0.05, 0.1) is 11.6 Å². The zero-order valence-corrected chi connectivity index (χ0v) is 14.6. The third-order valence-electron chi connectivity index (χ3n) is 3.53. The van der Waals surface area contributed by atoms with Crippen LogP contribution in [0.5, 0.6) is 0 Å². The van der Waals surface area contributed by atoms with E-state index < -0.39 is 0 Å². The first-order valence-electron chi connectivity index (χ1n) is 6.47. The van der Waals surface area contributed by atoms with E-state index in [1.807, 2.05) is 18.2 Å². The van der Waals surface area contributed by atoms with Gasteiger partial charge in [-0.1, -0.05) is 15.9 Å². The van der Waals surface area contributed by atoms with Gasteiger partial charge in [0.1, 0.15) is 0 Å². The summed E-state index contributed by atoms with van der Waals surface area (Å²) in [6.45, 7) is 0. The number of thiophene rings is 1. The lowest BCUT2D eigenvalue weighted by Gasteiger charge is -2.24. The minimum Gasteiger partial charge on any atom is -0.345 e. The van der Waals surface area contributed by atoms with Gasteiger partial charge in [0.25, 0.3) is 5.91 Å². The molecule has 1 aliphatic rings. The molecule has 1 heterocycles. The van der Waals surface area contributed by atoms with Crippen molar-refractivity contribution in [3.05, 3.63) is 54.6 Å². The average molecular weight is 415 g/mol. The smallest absolute Gasteiger partial charge is 0.252 e. The molecule has 1 aromatic carbocycles. The normalized spacial score (nSPS) is 17.6. The Morgan fingerprint density at radius 2 is 2.15 bits per heavy atom. The van der Waals surface area contributed by atoms with Gasteiger partial charge >= 0.3 is 0 Å². The minimum atomic E-state index is -0.0257. The maximum atomic E-state index is 12.5. The molecule has 0 bridgehead atoms. The lowest BCUT2D eigenvalue weighted by Crippen LogP contribution is -2.30. The van der Waals surface area contributed by atoms with Crippen LogP contribution in [-0.2, 0) is 6.42 Å². The van der Waals surface area contributed by atoms with Crippen LogP contribution in [0.4, 0.5) is 0 Å². The first-order chi connectivity index (χ1) is 9.65. The Labute approximate surface area is 138 Å². The van der Waals surface area contributed by atoms with Gasteiger partial charge in [-0.15, -0.1) is 11.3 Å². The van der Waals surface area contributed by atoms with Crippen LogP contribution in [0.25, 0.3) is 0 Å². The first-order valence-corrected chi connectivity index (χ1v) is 8.94. The molecule has 0 fully saturated rings. The summed E-state index contributed by atoms with van der Waals surface area (Å²) in [5.74, 6) is -0.0257. The van der Waals surface area contributed by atoms with Crippen molar-refractivity contribution in [1.82, 2.24) is 5.32 Å². The average Bonchev–Trinajstić information content (AvgIpc) is 2.91. The van der Waals surface area contributed by atoms with E-state index in [1.54, 1.807) is 11.3 Å². The van der Waals surface area contributed by atoms with E-state index in [4.69, 9.17) is 0 Å². The van der Waals surface area contributed by atoms with E-state index in [1.165, 1.54) is 10.4 Å². The number of benzene rings is 1. The molecular formula is C15H13Br2NOS. The molecule has 1 amide bonds. The SMILES string of the molecule is O=C(NC1CCCc2sccc21)c1cc(Br)ccc1Br. The number of hydrogen-bond donors (Lipinski definition) is 1. The Kier molecular flexibility index (Phi) is 4.29. The third kappa shape index (κ3) is 2.85. The Balaban J connectivity index is 1.82. The molecule has 1 aliphatic carbocycles. The predicted octanol–water partition coefficient (Wildman–Crippen LogP) is 5.08. The van der Waals surface area contributed by atoms with Crippen LogP contribution in [0.3, 0.4) is 0 Å². The second-order valence-electron chi connectivity index (χ2n) is 4.84. The fourth-order valence-corrected chi connectivity index (χ4v) is 4.32. The molecule has 5 heteroatoms. The summed E-state index contributed by atoms with van der Waals surface area (Å²) < 4.78 is 1.73. The van der Waals surface area contributed by atoms with E-state index in [2.05, 4.69) is 48.6 Å². The molecule has 1 atom stereocenters. The standard InChI is InChI=1S/C15H13Br2NOS/c16-9-4-5-12(17)11(8-9)15(19)18-13-2-1-3-14-10(13)6-7-20-14/h4-8,13H,1-3H2,(H,18,19). The van der Waals surface area contributed by atoms with E-state index in [9.17, 15) is 4.79 Å². The summed E-state index contributed by atoms with van der Waals surface area (Å²) in [5, 5.41) is 5.28. The lowest BCUT2D eigenvalue weighted by molar-refractivity contribution is 0.0932. The molecule has 0 saturated carbocycles. The van der Waals surface area contributed by atoms with Crippen molar-refractivity contribution in [2.75, 3.05) is 0 Å². The monoisotopic (exact) mass is 413 g/mol. The van der Waals surface area contributed by atoms with Crippen molar-refractivity contribution < 1.29 is 4.79 Å². The molecule has 1 unspecified atom stereocenters. The molecule has 104 valence electrons. The van der Waals surface area contributed by atoms with Crippen LogP contribution in [0.1, 0.15) is 39.7 Å². The van der Waals surface area contributed by atoms with E-state index >= 15 is 0 Å². The molecule has 0 spiro atoms. The highest BCUT2D eigenvalue weighted by atomic mass is 79.9. The molecule has 3 rings (SSSR count). The summed E-state index contributed by atoms with van der Waals surface area (Å²) >= 11 is 8.64. The highest BCUT2D eigenvalue weighted by Crippen LogP contribution is 2.33. The molecule has 2 aromatic rings. The van der Waals surface area contributed by atoms with Crippen LogP contribution < -0.4 is 5.32 Å². The number of carbonyl (C=O) groups is 1. The van der Waals surface area contributed by atoms with Gasteiger partial charge in [0.15, 0.2) is 0 Å². The fourth-order valence-electron chi connectivity index (χ4n) is 2.54. The van der Waals surface area contributed by atoms with Gasteiger partial charge in [-0.3, -0.25) is 4.79 Å². The van der Waals surface area contributed by atoms with Gasteiger partial charge in [-0.25, -0.2) is 0 Å². The van der Waals surface area contributed by atoms with Crippen LogP contribution >= 0.6 is 43.2 Å². The highest BCUT2D eigenvalue weighted by molar-refractivity contribution is 9.11. The summed E-state index contributed by atoms with van der Waals surface area (Å²) in [4.78, 5) is 13.9. The number of rotatable bonds is 2. The minimum absolute atomic E-state index is 0.0257. The highest BCUT2D eigenvalue weighted by Gasteiger charge is 2.23. The number of amides is 1. The van der Waals surface area contributed by atoms with Crippen molar-refractivity contribution in [2.45, 2.75) is 25.3 Å². The number of nitrogens with one attached hydrogen (secondary N) is 1. The summed E-state index contributed by atoms with van der Waals surface area (Å²) in [7, 11) is 0. The second-order valence-corrected chi connectivity index (χ2v) is 7.61. The Bertz CT molecular complexity index is 653. The number of carbonyl (C=O) groups excluding carboxylic acids is 1. The van der Waals surface area contributed by atoms with Gasteiger partial charge in [0.2, 0.25) is 0 Å². The second kappa shape index (κ2) is 6.00. The maximum absolute atomic E-state index is 12.5. The summed E-state index contributed by atoms with van der Waals surface area (Å²) in [6.07, 6.45) is 3.29. The maximum Gasteiger partial charge on any atom is 0.252 e. The Morgan fingerprint density at radius 1 is 1.30 bits per heavy atom. The molecular weight excluding hydrogens is 402 g/mol. The fraction of sp³-hybridized carbons (Fsp3) is 0.267. The van der Waals surface area contributed by atoms with Crippen molar-refractivity contribution in [3.63, 3.8) is 0 Å². The van der Waals surface area contributed by atoms with Crippen LogP contribution in [0.15, 0.2) is 38.6 Å². The lowest BCUT2D eigenvalue weighted by atomic mass is 9.94. The topological polar surface area (TPSA) is 29.1 Å². The van der Waals surface area contributed by atoms with E-state index in [0.29, 0.717) is 5.56 Å². The number of aryl methyl sites for hydroxylation is 1. The van der Waals surface area contributed by atoms with Gasteiger partial charge in [-0.05, 0) is 70.4 Å². The van der Waals surface area contributed by atoms with Crippen LogP contribution in [0, 0.1) is 0 Å². The Morgan fingerprint density at radius 3 is 3.00 bits per heavy atom. The molecule has 2 nitrogen and oxygen atoms in total. The third-order valence-corrected chi connectivity index (χ3v) is 5.71. The molecule has 0 saturated heterocycles. The van der Waals surface area contributed by atoms with Crippen LogP contribution in [0.2, 0.25) is 0 Å². The zero-order chi connectivity index (χ0) is 14.1. The zero-order valence-electron chi connectivity index (χ0n) is 10.7. The van der Waals surface area contributed by atoms with Crippen molar-refractivity contribution in [2.24, 2.45) is 0 Å². The van der Waals surface area contributed by atoms with E-state index in [0.717, 1.165) is 28.2 Å². The van der Waals surface area contributed by atoms with E-state index in [-0.39, 0.29) is 11.9 Å². The largest absolute Gasteiger partial charge is 0.345 e. The summed E-state index contributed by atoms with van der Waals surface area (Å²) in [5.41, 5.74) is 1.96. The summed E-state index contributed by atoms with van der Waals surface area (Å²) in [6, 6.07) is 7.92. The quantitative estimate of drug-likeness (QED) is 0.729. The van der Waals surface area contributed by atoms with Crippen molar-refractivity contribution in [3.8, 4) is 0 Å². The Hall–Kier alpha value is -0.650. The predicted molar refractivity (Wildman–Crippen MR) is 89.3 cm³/mol. The molecule has 1 aromatic heterocycles. The van der Waals surface area contributed by atoms with Gasteiger partial charge in [0, 0.05) is 13.8 Å². The van der Waals surface area contributed by atoms with Crippen molar-refractivity contribution >= 4 is 49.1 Å². The number of halogens is 2. The van der Waals surface area contributed by atoms with Crippen LogP contribution in [-0.4, -0.2) is 5.91 Å². The van der Waals surface area contributed by atoms with Crippen molar-refractivity contribution in [1.29, 1.82) is 0 Å². The molecule has 1 N–H and O–H groups in total. The number of hydrogen-bond acceptors (Lipinski definition) is 2.